The molecule has 3 heterocycles. The standard InChI is InChI=1S/C23H27N7O/c1-12-16(23(2,3)25)8-9-17(26-12)13-10-14(11-13)20-28-21-15-6-5-7-18(31-4)19(15)27-22(24)30(21)29-20/h5-9,13-14H,10-11,25H2,1-4H3,(H2,24,27). The average Bonchev–Trinajstić information content (AvgIpc) is 3.11. The van der Waals surface area contributed by atoms with E-state index in [1.54, 1.807) is 11.6 Å². The second kappa shape index (κ2) is 6.88. The number of fused-ring (bicyclic) bond motifs is 3. The van der Waals surface area contributed by atoms with Gasteiger partial charge in [-0.05, 0) is 57.4 Å². The summed E-state index contributed by atoms with van der Waals surface area (Å²) < 4.78 is 7.06. The van der Waals surface area contributed by atoms with E-state index in [1.165, 1.54) is 0 Å². The van der Waals surface area contributed by atoms with Crippen molar-refractivity contribution in [2.24, 2.45) is 5.73 Å². The van der Waals surface area contributed by atoms with Gasteiger partial charge in [-0.15, -0.1) is 5.10 Å². The van der Waals surface area contributed by atoms with E-state index in [2.05, 4.69) is 22.2 Å². The number of ether oxygens (including phenoxy) is 1. The summed E-state index contributed by atoms with van der Waals surface area (Å²) in [5.74, 6) is 2.45. The first-order valence-electron chi connectivity index (χ1n) is 10.5. The van der Waals surface area contributed by atoms with E-state index in [-0.39, 0.29) is 5.92 Å². The maximum Gasteiger partial charge on any atom is 0.223 e. The summed E-state index contributed by atoms with van der Waals surface area (Å²) in [5, 5.41) is 5.55. The van der Waals surface area contributed by atoms with E-state index in [1.807, 2.05) is 39.0 Å². The molecule has 1 fully saturated rings. The SMILES string of the molecule is COc1cccc2c1nc(N)n1nc(C3CC(c4ccc(C(C)(C)N)c(C)n4)C3)nc21. The molecule has 8 heteroatoms. The van der Waals surface area contributed by atoms with E-state index >= 15 is 0 Å². The van der Waals surface area contributed by atoms with Crippen molar-refractivity contribution in [2.45, 2.75) is 51.0 Å². The molecule has 0 atom stereocenters. The normalized spacial score (nSPS) is 19.0. The Balaban J connectivity index is 1.43. The average molecular weight is 418 g/mol. The molecule has 0 unspecified atom stereocenters. The molecule has 0 saturated heterocycles. The zero-order valence-electron chi connectivity index (χ0n) is 18.3. The van der Waals surface area contributed by atoms with Gasteiger partial charge >= 0.3 is 0 Å². The van der Waals surface area contributed by atoms with E-state index in [0.717, 1.165) is 41.0 Å². The Hall–Kier alpha value is -3.26. The van der Waals surface area contributed by atoms with Crippen molar-refractivity contribution in [1.29, 1.82) is 0 Å². The van der Waals surface area contributed by atoms with Gasteiger partial charge in [-0.25, -0.2) is 9.97 Å². The molecule has 1 aromatic carbocycles. The van der Waals surface area contributed by atoms with Gasteiger partial charge in [0.05, 0.1) is 7.11 Å². The van der Waals surface area contributed by atoms with Crippen molar-refractivity contribution in [2.75, 3.05) is 12.8 Å². The summed E-state index contributed by atoms with van der Waals surface area (Å²) in [6.07, 6.45) is 1.92. The molecule has 4 N–H and O–H groups in total. The van der Waals surface area contributed by atoms with Gasteiger partial charge in [0.25, 0.3) is 0 Å². The fourth-order valence-corrected chi connectivity index (χ4v) is 4.54. The molecule has 5 rings (SSSR count). The number of hydrogen-bond donors (Lipinski definition) is 2. The van der Waals surface area contributed by atoms with Gasteiger partial charge in [0.1, 0.15) is 11.3 Å². The maximum absolute atomic E-state index is 6.25. The van der Waals surface area contributed by atoms with E-state index in [4.69, 9.17) is 26.2 Å². The highest BCUT2D eigenvalue weighted by Crippen LogP contribution is 2.46. The third-order valence-corrected chi connectivity index (χ3v) is 6.25. The Morgan fingerprint density at radius 3 is 2.52 bits per heavy atom. The lowest BCUT2D eigenvalue weighted by Gasteiger charge is -2.33. The molecule has 160 valence electrons. The third-order valence-electron chi connectivity index (χ3n) is 6.25. The fraction of sp³-hybridized carbons (Fsp3) is 0.391. The van der Waals surface area contributed by atoms with Crippen molar-refractivity contribution in [3.8, 4) is 5.75 Å². The molecule has 0 amide bonds. The Labute approximate surface area is 180 Å². The molecule has 8 nitrogen and oxygen atoms in total. The first kappa shape index (κ1) is 19.7. The summed E-state index contributed by atoms with van der Waals surface area (Å²) in [4.78, 5) is 14.2. The molecule has 1 saturated carbocycles. The fourth-order valence-electron chi connectivity index (χ4n) is 4.54. The zero-order chi connectivity index (χ0) is 21.9. The predicted molar refractivity (Wildman–Crippen MR) is 120 cm³/mol. The van der Waals surface area contributed by atoms with Crippen LogP contribution in [0.5, 0.6) is 5.75 Å². The Bertz CT molecular complexity index is 1300. The number of nitrogens with two attached hydrogens (primary N) is 2. The molecule has 0 radical (unpaired) electrons. The largest absolute Gasteiger partial charge is 0.494 e. The Morgan fingerprint density at radius 1 is 1.06 bits per heavy atom. The van der Waals surface area contributed by atoms with Crippen LogP contribution < -0.4 is 16.2 Å². The molecule has 0 bridgehead atoms. The van der Waals surface area contributed by atoms with Crippen LogP contribution in [0.1, 0.15) is 61.3 Å². The van der Waals surface area contributed by atoms with Crippen LogP contribution in [0.25, 0.3) is 16.6 Å². The lowest BCUT2D eigenvalue weighted by atomic mass is 9.72. The monoisotopic (exact) mass is 417 g/mol. The number of para-hydroxylation sites is 1. The highest BCUT2D eigenvalue weighted by Gasteiger charge is 2.36. The minimum atomic E-state index is -0.391. The van der Waals surface area contributed by atoms with Crippen molar-refractivity contribution in [3.63, 3.8) is 0 Å². The molecular weight excluding hydrogens is 390 g/mol. The number of nitrogens with zero attached hydrogens (tertiary/aromatic N) is 5. The van der Waals surface area contributed by atoms with Crippen molar-refractivity contribution < 1.29 is 4.74 Å². The summed E-state index contributed by atoms with van der Waals surface area (Å²) in [5.41, 5.74) is 16.6. The second-order valence-corrected chi connectivity index (χ2v) is 8.99. The first-order valence-corrected chi connectivity index (χ1v) is 10.5. The Morgan fingerprint density at radius 2 is 1.84 bits per heavy atom. The number of methoxy groups -OCH3 is 1. The van der Waals surface area contributed by atoms with Crippen molar-refractivity contribution in [3.05, 3.63) is 53.1 Å². The van der Waals surface area contributed by atoms with Crippen molar-refractivity contribution >= 4 is 22.5 Å². The lowest BCUT2D eigenvalue weighted by Crippen LogP contribution is -2.30. The number of anilines is 1. The third kappa shape index (κ3) is 3.18. The first-order chi connectivity index (χ1) is 14.8. The van der Waals surface area contributed by atoms with Crippen LogP contribution in [0.15, 0.2) is 30.3 Å². The summed E-state index contributed by atoms with van der Waals surface area (Å²) >= 11 is 0. The van der Waals surface area contributed by atoms with Gasteiger partial charge in [-0.2, -0.15) is 4.52 Å². The molecule has 0 aliphatic heterocycles. The van der Waals surface area contributed by atoms with Gasteiger partial charge in [0.15, 0.2) is 11.5 Å². The van der Waals surface area contributed by atoms with E-state index in [0.29, 0.717) is 28.8 Å². The van der Waals surface area contributed by atoms with Crippen LogP contribution in [-0.2, 0) is 5.54 Å². The van der Waals surface area contributed by atoms with E-state index < -0.39 is 5.54 Å². The highest BCUT2D eigenvalue weighted by atomic mass is 16.5. The summed E-state index contributed by atoms with van der Waals surface area (Å²) in [7, 11) is 1.62. The summed E-state index contributed by atoms with van der Waals surface area (Å²) in [6, 6.07) is 9.98. The zero-order valence-corrected chi connectivity index (χ0v) is 18.3. The van der Waals surface area contributed by atoms with E-state index in [9.17, 15) is 0 Å². The van der Waals surface area contributed by atoms with Gasteiger partial charge in [0, 0.05) is 34.1 Å². The smallest absolute Gasteiger partial charge is 0.223 e. The number of hydrogen-bond acceptors (Lipinski definition) is 7. The molecule has 1 aliphatic rings. The van der Waals surface area contributed by atoms with Crippen LogP contribution >= 0.6 is 0 Å². The predicted octanol–water partition coefficient (Wildman–Crippen LogP) is 3.43. The number of rotatable bonds is 4. The number of benzene rings is 1. The quantitative estimate of drug-likeness (QED) is 0.522. The van der Waals surface area contributed by atoms with Gasteiger partial charge < -0.3 is 16.2 Å². The number of nitrogen functional groups attached to an aromatic ring is 1. The van der Waals surface area contributed by atoms with Crippen LogP contribution in [0.4, 0.5) is 5.95 Å². The van der Waals surface area contributed by atoms with Crippen LogP contribution in [0, 0.1) is 6.92 Å². The molecule has 0 spiro atoms. The second-order valence-electron chi connectivity index (χ2n) is 8.99. The van der Waals surface area contributed by atoms with Crippen molar-refractivity contribution in [1.82, 2.24) is 24.6 Å². The molecule has 1 aliphatic carbocycles. The van der Waals surface area contributed by atoms with Gasteiger partial charge in [0.2, 0.25) is 5.95 Å². The highest BCUT2D eigenvalue weighted by molar-refractivity contribution is 5.95. The lowest BCUT2D eigenvalue weighted by molar-refractivity contribution is 0.331. The molecule has 31 heavy (non-hydrogen) atoms. The van der Waals surface area contributed by atoms with Gasteiger partial charge in [-0.3, -0.25) is 4.98 Å². The van der Waals surface area contributed by atoms with Crippen LogP contribution in [0.2, 0.25) is 0 Å². The molecular formula is C23H27N7O. The number of aromatic nitrogens is 5. The van der Waals surface area contributed by atoms with Crippen LogP contribution in [-0.4, -0.2) is 31.7 Å². The number of pyridine rings is 1. The molecule has 3 aromatic heterocycles. The topological polar surface area (TPSA) is 117 Å². The summed E-state index contributed by atoms with van der Waals surface area (Å²) in [6.45, 7) is 6.04. The Kier molecular flexibility index (Phi) is 4.37. The minimum absolute atomic E-state index is 0.276. The molecule has 4 aromatic rings. The maximum atomic E-state index is 6.25. The van der Waals surface area contributed by atoms with Gasteiger partial charge in [-0.1, -0.05) is 12.1 Å². The number of aryl methyl sites for hydroxylation is 1. The minimum Gasteiger partial charge on any atom is -0.494 e. The van der Waals surface area contributed by atoms with Crippen LogP contribution in [0.3, 0.4) is 0 Å².